The van der Waals surface area contributed by atoms with Crippen LogP contribution in [0, 0.1) is 0 Å². The van der Waals surface area contributed by atoms with E-state index in [1.165, 1.54) is 16.8 Å². The van der Waals surface area contributed by atoms with Gasteiger partial charge >= 0.3 is 0 Å². The molecule has 2 aliphatic heterocycles. The summed E-state index contributed by atoms with van der Waals surface area (Å²) in [7, 11) is -3.45. The lowest BCUT2D eigenvalue weighted by Gasteiger charge is -2.47. The maximum atomic E-state index is 12.3. The van der Waals surface area contributed by atoms with Crippen LogP contribution in [0.15, 0.2) is 46.3 Å². The SMILES string of the molecule is O=S(=O)(c1cnoc1)N1CC(N2CCN(c3ccccn3)CC2)C1. The Bertz CT molecular complexity index is 767. The molecule has 0 aliphatic carbocycles. The number of sulfonamides is 1. The van der Waals surface area contributed by atoms with Crippen molar-refractivity contribution in [1.82, 2.24) is 19.3 Å². The van der Waals surface area contributed by atoms with Crippen molar-refractivity contribution in [3.05, 3.63) is 36.9 Å². The summed E-state index contributed by atoms with van der Waals surface area (Å²) in [4.78, 5) is 9.14. The Morgan fingerprint density at radius 2 is 1.92 bits per heavy atom. The second kappa shape index (κ2) is 6.15. The fourth-order valence-electron chi connectivity index (χ4n) is 3.17. The molecular weight excluding hydrogens is 330 g/mol. The van der Waals surface area contributed by atoms with Gasteiger partial charge in [-0.1, -0.05) is 11.2 Å². The second-order valence-electron chi connectivity index (χ2n) is 6.05. The molecule has 2 aromatic heterocycles. The first-order valence-electron chi connectivity index (χ1n) is 7.94. The number of pyridine rings is 1. The van der Waals surface area contributed by atoms with E-state index in [0.717, 1.165) is 32.0 Å². The van der Waals surface area contributed by atoms with Gasteiger partial charge in [0.2, 0.25) is 10.0 Å². The van der Waals surface area contributed by atoms with E-state index in [-0.39, 0.29) is 10.9 Å². The number of hydrogen-bond acceptors (Lipinski definition) is 7. The Balaban J connectivity index is 1.31. The Morgan fingerprint density at radius 1 is 1.12 bits per heavy atom. The highest BCUT2D eigenvalue weighted by Crippen LogP contribution is 2.25. The minimum absolute atomic E-state index is 0.126. The predicted octanol–water partition coefficient (Wildman–Crippen LogP) is 0.265. The topological polar surface area (TPSA) is 82.8 Å². The highest BCUT2D eigenvalue weighted by atomic mass is 32.2. The van der Waals surface area contributed by atoms with Gasteiger partial charge in [0.15, 0.2) is 0 Å². The van der Waals surface area contributed by atoms with Crippen LogP contribution < -0.4 is 4.90 Å². The van der Waals surface area contributed by atoms with Crippen LogP contribution in [0.25, 0.3) is 0 Å². The fourth-order valence-corrected chi connectivity index (χ4v) is 4.55. The standard InChI is InChI=1S/C15H19N5O3S/c21-24(22,14-9-17-23-12-14)20-10-13(11-20)18-5-7-19(8-6-18)15-3-1-2-4-16-15/h1-4,9,12-13H,5-8,10-11H2. The van der Waals surface area contributed by atoms with Gasteiger partial charge in [-0.3, -0.25) is 4.90 Å². The molecule has 0 aromatic carbocycles. The lowest BCUT2D eigenvalue weighted by Crippen LogP contribution is -2.64. The molecular formula is C15H19N5O3S. The average Bonchev–Trinajstić information content (AvgIpc) is 3.10. The molecule has 0 unspecified atom stereocenters. The van der Waals surface area contributed by atoms with Crippen LogP contribution >= 0.6 is 0 Å². The molecule has 2 aliphatic rings. The van der Waals surface area contributed by atoms with Gasteiger partial charge in [0, 0.05) is 51.5 Å². The lowest BCUT2D eigenvalue weighted by molar-refractivity contribution is 0.0827. The molecule has 8 nitrogen and oxygen atoms in total. The van der Waals surface area contributed by atoms with Crippen LogP contribution in [0.4, 0.5) is 5.82 Å². The number of aromatic nitrogens is 2. The zero-order valence-electron chi connectivity index (χ0n) is 13.2. The number of rotatable bonds is 4. The van der Waals surface area contributed by atoms with E-state index in [2.05, 4.69) is 24.5 Å². The molecule has 0 radical (unpaired) electrons. The summed E-state index contributed by atoms with van der Waals surface area (Å²) in [5.41, 5.74) is 0. The van der Waals surface area contributed by atoms with Crippen molar-refractivity contribution in [2.45, 2.75) is 10.9 Å². The highest BCUT2D eigenvalue weighted by Gasteiger charge is 2.41. The minimum Gasteiger partial charge on any atom is -0.363 e. The molecule has 0 bridgehead atoms. The summed E-state index contributed by atoms with van der Waals surface area (Å²) in [5, 5.41) is 3.47. The van der Waals surface area contributed by atoms with Crippen LogP contribution in [0.3, 0.4) is 0 Å². The van der Waals surface area contributed by atoms with Gasteiger partial charge in [-0.25, -0.2) is 13.4 Å². The number of anilines is 1. The summed E-state index contributed by atoms with van der Waals surface area (Å²) in [6.07, 6.45) is 4.23. The number of nitrogens with zero attached hydrogens (tertiary/aromatic N) is 5. The third-order valence-electron chi connectivity index (χ3n) is 4.68. The van der Waals surface area contributed by atoms with Gasteiger partial charge in [-0.05, 0) is 12.1 Å². The van der Waals surface area contributed by atoms with Crippen LogP contribution in [0.1, 0.15) is 0 Å². The van der Waals surface area contributed by atoms with Crippen molar-refractivity contribution in [2.75, 3.05) is 44.2 Å². The molecule has 2 fully saturated rings. The molecule has 0 saturated carbocycles. The van der Waals surface area contributed by atoms with Crippen molar-refractivity contribution >= 4 is 15.8 Å². The van der Waals surface area contributed by atoms with E-state index in [0.29, 0.717) is 13.1 Å². The van der Waals surface area contributed by atoms with Crippen molar-refractivity contribution in [3.63, 3.8) is 0 Å². The van der Waals surface area contributed by atoms with E-state index < -0.39 is 10.0 Å². The first-order chi connectivity index (χ1) is 11.6. The third kappa shape index (κ3) is 2.79. The van der Waals surface area contributed by atoms with Crippen molar-refractivity contribution in [3.8, 4) is 0 Å². The Labute approximate surface area is 140 Å². The summed E-state index contributed by atoms with van der Waals surface area (Å²) in [6, 6.07) is 6.21. The number of hydrogen-bond donors (Lipinski definition) is 0. The van der Waals surface area contributed by atoms with Crippen LogP contribution in [0.5, 0.6) is 0 Å². The van der Waals surface area contributed by atoms with Gasteiger partial charge in [0.1, 0.15) is 17.0 Å². The molecule has 0 spiro atoms. The van der Waals surface area contributed by atoms with Gasteiger partial charge in [-0.2, -0.15) is 4.31 Å². The van der Waals surface area contributed by atoms with Gasteiger partial charge in [0.05, 0.1) is 6.20 Å². The summed E-state index contributed by atoms with van der Waals surface area (Å²) in [6.45, 7) is 4.71. The van der Waals surface area contributed by atoms with E-state index in [1.54, 1.807) is 6.20 Å². The molecule has 128 valence electrons. The maximum absolute atomic E-state index is 12.3. The Morgan fingerprint density at radius 3 is 2.54 bits per heavy atom. The van der Waals surface area contributed by atoms with E-state index in [9.17, 15) is 8.42 Å². The Kier molecular flexibility index (Phi) is 3.99. The normalized spacial score (nSPS) is 20.9. The van der Waals surface area contributed by atoms with E-state index in [1.807, 2.05) is 18.2 Å². The van der Waals surface area contributed by atoms with Crippen molar-refractivity contribution < 1.29 is 12.9 Å². The third-order valence-corrected chi connectivity index (χ3v) is 6.46. The second-order valence-corrected chi connectivity index (χ2v) is 7.98. The van der Waals surface area contributed by atoms with Crippen molar-refractivity contribution in [1.29, 1.82) is 0 Å². The van der Waals surface area contributed by atoms with Gasteiger partial charge in [0.25, 0.3) is 0 Å². The maximum Gasteiger partial charge on any atom is 0.248 e. The van der Waals surface area contributed by atoms with Crippen LogP contribution in [-0.4, -0.2) is 73.1 Å². The zero-order valence-corrected chi connectivity index (χ0v) is 14.0. The molecule has 0 atom stereocenters. The summed E-state index contributed by atoms with van der Waals surface area (Å²) >= 11 is 0. The molecule has 0 amide bonds. The largest absolute Gasteiger partial charge is 0.363 e. The first-order valence-corrected chi connectivity index (χ1v) is 9.38. The first kappa shape index (κ1) is 15.6. The van der Waals surface area contributed by atoms with Crippen LogP contribution in [0.2, 0.25) is 0 Å². The molecule has 9 heteroatoms. The van der Waals surface area contributed by atoms with Crippen LogP contribution in [-0.2, 0) is 10.0 Å². The fraction of sp³-hybridized carbons (Fsp3) is 0.467. The Hall–Kier alpha value is -1.97. The highest BCUT2D eigenvalue weighted by molar-refractivity contribution is 7.89. The molecule has 4 heterocycles. The van der Waals surface area contributed by atoms with E-state index in [4.69, 9.17) is 0 Å². The summed E-state index contributed by atoms with van der Waals surface area (Å²) in [5.74, 6) is 1.00. The van der Waals surface area contributed by atoms with Gasteiger partial charge in [-0.15, -0.1) is 0 Å². The smallest absolute Gasteiger partial charge is 0.248 e. The minimum atomic E-state index is -3.45. The molecule has 2 aromatic rings. The average molecular weight is 349 g/mol. The van der Waals surface area contributed by atoms with Gasteiger partial charge < -0.3 is 9.42 Å². The summed E-state index contributed by atoms with van der Waals surface area (Å²) < 4.78 is 30.8. The van der Waals surface area contributed by atoms with E-state index >= 15 is 0 Å². The molecule has 24 heavy (non-hydrogen) atoms. The lowest BCUT2D eigenvalue weighted by atomic mass is 10.1. The van der Waals surface area contributed by atoms with Crippen molar-refractivity contribution in [2.24, 2.45) is 0 Å². The zero-order chi connectivity index (χ0) is 16.6. The monoisotopic (exact) mass is 349 g/mol. The molecule has 0 N–H and O–H groups in total. The predicted molar refractivity (Wildman–Crippen MR) is 87.1 cm³/mol. The molecule has 4 rings (SSSR count). The molecule has 2 saturated heterocycles. The number of piperazine rings is 1. The quantitative estimate of drug-likeness (QED) is 0.783.